The van der Waals surface area contributed by atoms with Gasteiger partial charge in [0.25, 0.3) is 0 Å². The summed E-state index contributed by atoms with van der Waals surface area (Å²) >= 11 is 2.43. The highest BCUT2D eigenvalue weighted by Gasteiger charge is 2.08. The van der Waals surface area contributed by atoms with Crippen molar-refractivity contribution >= 4 is 22.6 Å². The highest BCUT2D eigenvalue weighted by molar-refractivity contribution is 14.1. The van der Waals surface area contributed by atoms with Crippen LogP contribution in [0.25, 0.3) is 0 Å². The zero-order chi connectivity index (χ0) is 12.1. The molecule has 0 aliphatic rings. The molecule has 0 aliphatic heterocycles. The average Bonchev–Trinajstić information content (AvgIpc) is 2.38. The second kappa shape index (κ2) is 7.54. The van der Waals surface area contributed by atoms with Crippen molar-refractivity contribution < 1.29 is 0 Å². The van der Waals surface area contributed by atoms with Gasteiger partial charge in [0.05, 0.1) is 0 Å². The molecule has 1 atom stereocenters. The lowest BCUT2D eigenvalue weighted by molar-refractivity contribution is 0.676. The fraction of sp³-hybridized carbons (Fsp3) is 0.250. The van der Waals surface area contributed by atoms with Gasteiger partial charge in [-0.25, -0.2) is 0 Å². The van der Waals surface area contributed by atoms with Crippen LogP contribution in [0, 0.1) is 3.57 Å². The quantitative estimate of drug-likeness (QED) is 0.755. The van der Waals surface area contributed by atoms with Crippen molar-refractivity contribution in [2.45, 2.75) is 25.7 Å². The standard InChI is InChI=1S/C16H17I.H3N/c1-13(15-9-5-6-10-16(15)17)11-12-14-7-3-2-4-8-14;/h2-10,13H,11-12H2,1H3;1H3. The largest absolute Gasteiger partial charge is 0.344 e. The molecule has 1 unspecified atom stereocenters. The molecular formula is C16H20IN. The molecule has 1 nitrogen and oxygen atoms in total. The normalized spacial score (nSPS) is 11.7. The van der Waals surface area contributed by atoms with Gasteiger partial charge in [-0.15, -0.1) is 0 Å². The van der Waals surface area contributed by atoms with Crippen molar-refractivity contribution in [3.8, 4) is 0 Å². The Kier molecular flexibility index (Phi) is 6.36. The minimum absolute atomic E-state index is 0. The number of hydrogen-bond acceptors (Lipinski definition) is 1. The van der Waals surface area contributed by atoms with Gasteiger partial charge in [0, 0.05) is 3.57 Å². The molecule has 96 valence electrons. The first-order valence-electron chi connectivity index (χ1n) is 6.05. The molecular weight excluding hydrogens is 333 g/mol. The Morgan fingerprint density at radius 3 is 2.22 bits per heavy atom. The van der Waals surface area contributed by atoms with E-state index < -0.39 is 0 Å². The van der Waals surface area contributed by atoms with Crippen LogP contribution in [0.2, 0.25) is 0 Å². The van der Waals surface area contributed by atoms with Crippen molar-refractivity contribution in [1.29, 1.82) is 0 Å². The summed E-state index contributed by atoms with van der Waals surface area (Å²) in [4.78, 5) is 0. The van der Waals surface area contributed by atoms with Gasteiger partial charge in [-0.2, -0.15) is 0 Å². The fourth-order valence-corrected chi connectivity index (χ4v) is 2.98. The molecule has 0 saturated heterocycles. The molecule has 3 N–H and O–H groups in total. The van der Waals surface area contributed by atoms with Crippen LogP contribution in [-0.2, 0) is 6.42 Å². The molecule has 0 radical (unpaired) electrons. The third-order valence-corrected chi connectivity index (χ3v) is 4.13. The lowest BCUT2D eigenvalue weighted by atomic mass is 9.94. The molecule has 2 rings (SSSR count). The molecule has 0 aromatic heterocycles. The maximum absolute atomic E-state index is 2.43. The molecule has 18 heavy (non-hydrogen) atoms. The Balaban J connectivity index is 0.00000162. The second-order valence-electron chi connectivity index (χ2n) is 4.45. The van der Waals surface area contributed by atoms with Crippen LogP contribution in [0.4, 0.5) is 0 Å². The number of halogens is 1. The summed E-state index contributed by atoms with van der Waals surface area (Å²) in [5.74, 6) is 0.628. The molecule has 0 saturated carbocycles. The predicted octanol–water partition coefficient (Wildman–Crippen LogP) is 5.19. The van der Waals surface area contributed by atoms with Crippen molar-refractivity contribution in [3.63, 3.8) is 0 Å². The lowest BCUT2D eigenvalue weighted by Gasteiger charge is -2.13. The van der Waals surface area contributed by atoms with Crippen LogP contribution < -0.4 is 6.15 Å². The first-order valence-corrected chi connectivity index (χ1v) is 7.13. The van der Waals surface area contributed by atoms with Gasteiger partial charge in [-0.3, -0.25) is 0 Å². The van der Waals surface area contributed by atoms with E-state index in [1.165, 1.54) is 21.1 Å². The number of benzene rings is 2. The predicted molar refractivity (Wildman–Crippen MR) is 87.4 cm³/mol. The van der Waals surface area contributed by atoms with Crippen LogP contribution in [0.1, 0.15) is 30.4 Å². The number of aryl methyl sites for hydroxylation is 1. The third kappa shape index (κ3) is 4.10. The summed E-state index contributed by atoms with van der Waals surface area (Å²) < 4.78 is 1.38. The highest BCUT2D eigenvalue weighted by atomic mass is 127. The van der Waals surface area contributed by atoms with E-state index in [-0.39, 0.29) is 6.15 Å². The van der Waals surface area contributed by atoms with E-state index in [4.69, 9.17) is 0 Å². The molecule has 2 heteroatoms. The van der Waals surface area contributed by atoms with Crippen LogP contribution >= 0.6 is 22.6 Å². The van der Waals surface area contributed by atoms with E-state index in [2.05, 4.69) is 84.1 Å². The molecule has 2 aromatic carbocycles. The van der Waals surface area contributed by atoms with Crippen LogP contribution in [0.15, 0.2) is 54.6 Å². The maximum atomic E-state index is 2.43. The molecule has 0 fully saturated rings. The summed E-state index contributed by atoms with van der Waals surface area (Å²) in [5, 5.41) is 0. The Bertz CT molecular complexity index is 468. The first kappa shape index (κ1) is 15.2. The monoisotopic (exact) mass is 353 g/mol. The van der Waals surface area contributed by atoms with E-state index in [1.54, 1.807) is 0 Å². The molecule has 0 amide bonds. The van der Waals surface area contributed by atoms with Gasteiger partial charge in [0.2, 0.25) is 0 Å². The second-order valence-corrected chi connectivity index (χ2v) is 5.61. The Morgan fingerprint density at radius 1 is 0.944 bits per heavy atom. The van der Waals surface area contributed by atoms with Gasteiger partial charge >= 0.3 is 0 Å². The van der Waals surface area contributed by atoms with Crippen molar-refractivity contribution in [2.75, 3.05) is 0 Å². The smallest absolute Gasteiger partial charge is 0.0165 e. The summed E-state index contributed by atoms with van der Waals surface area (Å²) in [7, 11) is 0. The summed E-state index contributed by atoms with van der Waals surface area (Å²) in [5.41, 5.74) is 2.91. The summed E-state index contributed by atoms with van der Waals surface area (Å²) in [6, 6.07) is 19.4. The number of rotatable bonds is 4. The summed E-state index contributed by atoms with van der Waals surface area (Å²) in [6.45, 7) is 2.32. The molecule has 0 bridgehead atoms. The van der Waals surface area contributed by atoms with Crippen molar-refractivity contribution in [2.24, 2.45) is 0 Å². The Labute approximate surface area is 123 Å². The molecule has 2 aromatic rings. The zero-order valence-corrected chi connectivity index (χ0v) is 12.9. The van der Waals surface area contributed by atoms with E-state index in [0.29, 0.717) is 5.92 Å². The van der Waals surface area contributed by atoms with Crippen LogP contribution in [0.3, 0.4) is 0 Å². The van der Waals surface area contributed by atoms with Gasteiger partial charge in [0.1, 0.15) is 0 Å². The summed E-state index contributed by atoms with van der Waals surface area (Å²) in [6.07, 6.45) is 2.37. The van der Waals surface area contributed by atoms with Crippen LogP contribution in [0.5, 0.6) is 0 Å². The fourth-order valence-electron chi connectivity index (χ4n) is 2.06. The average molecular weight is 353 g/mol. The Hall–Kier alpha value is -0.870. The van der Waals surface area contributed by atoms with E-state index in [9.17, 15) is 0 Å². The maximum Gasteiger partial charge on any atom is 0.0165 e. The Morgan fingerprint density at radius 2 is 1.56 bits per heavy atom. The van der Waals surface area contributed by atoms with Crippen LogP contribution in [-0.4, -0.2) is 0 Å². The van der Waals surface area contributed by atoms with Gasteiger partial charge in [-0.05, 0) is 58.5 Å². The van der Waals surface area contributed by atoms with Gasteiger partial charge in [0.15, 0.2) is 0 Å². The molecule has 0 spiro atoms. The van der Waals surface area contributed by atoms with Gasteiger partial charge < -0.3 is 6.15 Å². The SMILES string of the molecule is CC(CCc1ccccc1)c1ccccc1I.N. The van der Waals surface area contributed by atoms with E-state index in [1.807, 2.05) is 0 Å². The molecule has 0 heterocycles. The molecule has 0 aliphatic carbocycles. The minimum Gasteiger partial charge on any atom is -0.344 e. The van der Waals surface area contributed by atoms with E-state index >= 15 is 0 Å². The minimum atomic E-state index is 0. The number of hydrogen-bond donors (Lipinski definition) is 1. The first-order chi connectivity index (χ1) is 8.27. The highest BCUT2D eigenvalue weighted by Crippen LogP contribution is 2.25. The van der Waals surface area contributed by atoms with Crippen molar-refractivity contribution in [3.05, 3.63) is 69.3 Å². The van der Waals surface area contributed by atoms with E-state index in [0.717, 1.165) is 6.42 Å². The topological polar surface area (TPSA) is 35.0 Å². The lowest BCUT2D eigenvalue weighted by Crippen LogP contribution is -1.98. The zero-order valence-electron chi connectivity index (χ0n) is 10.8. The van der Waals surface area contributed by atoms with Crippen molar-refractivity contribution in [1.82, 2.24) is 6.15 Å². The van der Waals surface area contributed by atoms with Gasteiger partial charge in [-0.1, -0.05) is 55.5 Å². The third-order valence-electron chi connectivity index (χ3n) is 3.14.